The number of carboxylic acids is 1. The molecule has 2 aromatic rings. The maximum Gasteiger partial charge on any atom is 0.335 e. The molecule has 0 aliphatic rings. The molecule has 0 saturated heterocycles. The molecule has 2 N–H and O–H groups in total. The molecule has 22 heavy (non-hydrogen) atoms. The smallest absolute Gasteiger partial charge is 0.335 e. The summed E-state index contributed by atoms with van der Waals surface area (Å²) in [5, 5.41) is 14.5. The SMILES string of the molecule is CC(C)c1nc(C(=O)NCCc2cccc(C(=O)O)c2)cs1. The second kappa shape index (κ2) is 7.17. The van der Waals surface area contributed by atoms with E-state index in [1.165, 1.54) is 11.3 Å². The maximum atomic E-state index is 12.0. The number of rotatable bonds is 6. The maximum absolute atomic E-state index is 12.0. The van der Waals surface area contributed by atoms with Gasteiger partial charge in [-0.1, -0.05) is 26.0 Å². The highest BCUT2D eigenvalue weighted by atomic mass is 32.1. The number of amides is 1. The number of carboxylic acid groups (broad SMARTS) is 1. The molecule has 1 aromatic carbocycles. The van der Waals surface area contributed by atoms with E-state index in [-0.39, 0.29) is 11.5 Å². The van der Waals surface area contributed by atoms with Crippen LogP contribution in [0.25, 0.3) is 0 Å². The third kappa shape index (κ3) is 4.14. The normalized spacial score (nSPS) is 10.7. The first-order valence-corrected chi connectivity index (χ1v) is 7.91. The van der Waals surface area contributed by atoms with E-state index in [1.54, 1.807) is 23.6 Å². The number of carbonyl (C=O) groups excluding carboxylic acids is 1. The van der Waals surface area contributed by atoms with Gasteiger partial charge < -0.3 is 10.4 Å². The van der Waals surface area contributed by atoms with E-state index in [4.69, 9.17) is 5.11 Å². The van der Waals surface area contributed by atoms with E-state index < -0.39 is 5.97 Å². The summed E-state index contributed by atoms with van der Waals surface area (Å²) in [6.07, 6.45) is 0.577. The summed E-state index contributed by atoms with van der Waals surface area (Å²) in [4.78, 5) is 27.2. The Bertz CT molecular complexity index is 680. The zero-order chi connectivity index (χ0) is 16.1. The van der Waals surface area contributed by atoms with Crippen LogP contribution in [0.3, 0.4) is 0 Å². The predicted molar refractivity (Wildman–Crippen MR) is 85.6 cm³/mol. The van der Waals surface area contributed by atoms with Crippen molar-refractivity contribution in [2.75, 3.05) is 6.54 Å². The first kappa shape index (κ1) is 16.2. The Labute approximate surface area is 133 Å². The molecule has 1 aromatic heterocycles. The monoisotopic (exact) mass is 318 g/mol. The van der Waals surface area contributed by atoms with Crippen LogP contribution >= 0.6 is 11.3 Å². The van der Waals surface area contributed by atoms with Crippen molar-refractivity contribution in [1.29, 1.82) is 0 Å². The van der Waals surface area contributed by atoms with Gasteiger partial charge in [-0.25, -0.2) is 9.78 Å². The average molecular weight is 318 g/mol. The van der Waals surface area contributed by atoms with E-state index in [2.05, 4.69) is 10.3 Å². The van der Waals surface area contributed by atoms with Crippen LogP contribution in [-0.2, 0) is 6.42 Å². The fourth-order valence-corrected chi connectivity index (χ4v) is 2.74. The standard InChI is InChI=1S/C16H18N2O3S/c1-10(2)15-18-13(9-22-15)14(19)17-7-6-11-4-3-5-12(8-11)16(20)21/h3-5,8-10H,6-7H2,1-2H3,(H,17,19)(H,20,21). The number of nitrogens with zero attached hydrogens (tertiary/aromatic N) is 1. The zero-order valence-electron chi connectivity index (χ0n) is 12.5. The van der Waals surface area contributed by atoms with Gasteiger partial charge in [-0.05, 0) is 24.1 Å². The van der Waals surface area contributed by atoms with Crippen molar-refractivity contribution in [2.24, 2.45) is 0 Å². The Balaban J connectivity index is 1.89. The van der Waals surface area contributed by atoms with E-state index in [1.807, 2.05) is 19.9 Å². The van der Waals surface area contributed by atoms with Gasteiger partial charge in [0.1, 0.15) is 5.69 Å². The molecule has 0 aliphatic carbocycles. The van der Waals surface area contributed by atoms with E-state index in [0.717, 1.165) is 10.6 Å². The van der Waals surface area contributed by atoms with Crippen LogP contribution in [0.5, 0.6) is 0 Å². The Kier molecular flexibility index (Phi) is 5.27. The number of hydrogen-bond acceptors (Lipinski definition) is 4. The van der Waals surface area contributed by atoms with Crippen LogP contribution in [0.2, 0.25) is 0 Å². The lowest BCUT2D eigenvalue weighted by molar-refractivity contribution is 0.0696. The second-order valence-electron chi connectivity index (χ2n) is 5.24. The van der Waals surface area contributed by atoms with Gasteiger partial charge in [0.05, 0.1) is 10.6 Å². The van der Waals surface area contributed by atoms with Gasteiger partial charge >= 0.3 is 5.97 Å². The average Bonchev–Trinajstić information content (AvgIpc) is 2.97. The minimum atomic E-state index is -0.949. The van der Waals surface area contributed by atoms with Crippen molar-refractivity contribution < 1.29 is 14.7 Å². The second-order valence-corrected chi connectivity index (χ2v) is 6.13. The summed E-state index contributed by atoms with van der Waals surface area (Å²) in [6, 6.07) is 6.72. The fraction of sp³-hybridized carbons (Fsp3) is 0.312. The van der Waals surface area contributed by atoms with Gasteiger partial charge in [-0.2, -0.15) is 0 Å². The Morgan fingerprint density at radius 2 is 2.14 bits per heavy atom. The third-order valence-electron chi connectivity index (χ3n) is 3.12. The van der Waals surface area contributed by atoms with Crippen molar-refractivity contribution >= 4 is 23.2 Å². The number of benzene rings is 1. The quantitative estimate of drug-likeness (QED) is 0.858. The molecule has 0 radical (unpaired) electrons. The molecule has 0 unspecified atom stereocenters. The molecule has 1 heterocycles. The fourth-order valence-electron chi connectivity index (χ4n) is 1.93. The first-order chi connectivity index (χ1) is 10.5. The summed E-state index contributed by atoms with van der Waals surface area (Å²) < 4.78 is 0. The van der Waals surface area contributed by atoms with Gasteiger partial charge in [0, 0.05) is 17.8 Å². The number of carbonyl (C=O) groups is 2. The Morgan fingerprint density at radius 3 is 2.77 bits per heavy atom. The van der Waals surface area contributed by atoms with Crippen molar-refractivity contribution in [3.63, 3.8) is 0 Å². The van der Waals surface area contributed by atoms with Crippen LogP contribution in [0, 0.1) is 0 Å². The summed E-state index contributed by atoms with van der Waals surface area (Å²) in [5.41, 5.74) is 1.57. The van der Waals surface area contributed by atoms with Crippen LogP contribution in [0.4, 0.5) is 0 Å². The molecule has 0 spiro atoms. The summed E-state index contributed by atoms with van der Waals surface area (Å²) in [5.74, 6) is -0.836. The van der Waals surface area contributed by atoms with Crippen molar-refractivity contribution in [1.82, 2.24) is 10.3 Å². The number of nitrogens with one attached hydrogen (secondary N) is 1. The van der Waals surface area contributed by atoms with Gasteiger partial charge in [0.2, 0.25) is 0 Å². The van der Waals surface area contributed by atoms with Gasteiger partial charge in [0.25, 0.3) is 5.91 Å². The minimum Gasteiger partial charge on any atom is -0.478 e. The molecule has 6 heteroatoms. The van der Waals surface area contributed by atoms with Crippen LogP contribution in [0.1, 0.15) is 51.2 Å². The Hall–Kier alpha value is -2.21. The van der Waals surface area contributed by atoms with Gasteiger partial charge in [-0.15, -0.1) is 11.3 Å². The number of aromatic nitrogens is 1. The van der Waals surface area contributed by atoms with Crippen LogP contribution in [0.15, 0.2) is 29.6 Å². The van der Waals surface area contributed by atoms with Crippen molar-refractivity contribution in [3.05, 3.63) is 51.5 Å². The third-order valence-corrected chi connectivity index (χ3v) is 4.27. The molecule has 0 bridgehead atoms. The van der Waals surface area contributed by atoms with Crippen molar-refractivity contribution in [2.45, 2.75) is 26.2 Å². The molecule has 0 saturated carbocycles. The molecular weight excluding hydrogens is 300 g/mol. The largest absolute Gasteiger partial charge is 0.478 e. The number of aromatic carboxylic acids is 1. The molecule has 116 valence electrons. The van der Waals surface area contributed by atoms with Crippen LogP contribution in [-0.4, -0.2) is 28.5 Å². The topological polar surface area (TPSA) is 79.3 Å². The van der Waals surface area contributed by atoms with Gasteiger partial charge in [-0.3, -0.25) is 4.79 Å². The van der Waals surface area contributed by atoms with E-state index in [9.17, 15) is 9.59 Å². The molecule has 0 aliphatic heterocycles. The highest BCUT2D eigenvalue weighted by molar-refractivity contribution is 7.09. The summed E-state index contributed by atoms with van der Waals surface area (Å²) in [6.45, 7) is 4.52. The van der Waals surface area contributed by atoms with Crippen molar-refractivity contribution in [3.8, 4) is 0 Å². The molecule has 1 amide bonds. The lowest BCUT2D eigenvalue weighted by atomic mass is 10.1. The molecule has 0 fully saturated rings. The summed E-state index contributed by atoms with van der Waals surface area (Å²) >= 11 is 1.48. The minimum absolute atomic E-state index is 0.197. The number of hydrogen-bond donors (Lipinski definition) is 2. The Morgan fingerprint density at radius 1 is 1.36 bits per heavy atom. The zero-order valence-corrected chi connectivity index (χ0v) is 13.3. The van der Waals surface area contributed by atoms with Crippen LogP contribution < -0.4 is 5.32 Å². The number of thiazole rings is 1. The molecule has 5 nitrogen and oxygen atoms in total. The lowest BCUT2D eigenvalue weighted by Crippen LogP contribution is -2.26. The molecule has 0 atom stereocenters. The highest BCUT2D eigenvalue weighted by Crippen LogP contribution is 2.18. The summed E-state index contributed by atoms with van der Waals surface area (Å²) in [7, 11) is 0. The predicted octanol–water partition coefficient (Wildman–Crippen LogP) is 2.94. The van der Waals surface area contributed by atoms with E-state index in [0.29, 0.717) is 24.6 Å². The van der Waals surface area contributed by atoms with E-state index >= 15 is 0 Å². The molecule has 2 rings (SSSR count). The molecular formula is C16H18N2O3S. The van der Waals surface area contributed by atoms with Gasteiger partial charge in [0.15, 0.2) is 0 Å². The lowest BCUT2D eigenvalue weighted by Gasteiger charge is -2.05. The first-order valence-electron chi connectivity index (χ1n) is 7.03. The highest BCUT2D eigenvalue weighted by Gasteiger charge is 2.12.